The summed E-state index contributed by atoms with van der Waals surface area (Å²) in [5, 5.41) is 20.4. The molecule has 1 heterocycles. The van der Waals surface area contributed by atoms with Crippen LogP contribution in [0.2, 0.25) is 0 Å². The molecule has 0 fully saturated rings. The summed E-state index contributed by atoms with van der Waals surface area (Å²) in [5.41, 5.74) is 6.29. The number of aryl methyl sites for hydroxylation is 1. The average molecular weight is 401 g/mol. The van der Waals surface area contributed by atoms with Gasteiger partial charge < -0.3 is 15.6 Å². The van der Waals surface area contributed by atoms with Crippen molar-refractivity contribution in [2.75, 3.05) is 5.32 Å². The van der Waals surface area contributed by atoms with Crippen molar-refractivity contribution in [1.29, 1.82) is 5.26 Å². The Kier molecular flexibility index (Phi) is 7.58. The number of nitriles is 1. The summed E-state index contributed by atoms with van der Waals surface area (Å²) in [5.74, 6) is 0.448. The number of benzene rings is 1. The van der Waals surface area contributed by atoms with E-state index in [9.17, 15) is 9.59 Å². The Morgan fingerprint density at radius 3 is 2.71 bits per heavy atom. The maximum Gasteiger partial charge on any atom is 0.237 e. The summed E-state index contributed by atoms with van der Waals surface area (Å²) >= 11 is 1.30. The molecule has 2 aromatic rings. The number of carbonyl (C=O) groups is 2. The summed E-state index contributed by atoms with van der Waals surface area (Å²) in [6.07, 6.45) is 0.614. The zero-order valence-electron chi connectivity index (χ0n) is 16.2. The second-order valence-corrected chi connectivity index (χ2v) is 8.12. The maximum atomic E-state index is 12.5. The predicted octanol–water partition coefficient (Wildman–Crippen LogP) is 2.34. The number of rotatable bonds is 9. The molecule has 0 aliphatic carbocycles. The van der Waals surface area contributed by atoms with Crippen LogP contribution in [-0.2, 0) is 22.6 Å². The van der Waals surface area contributed by atoms with Crippen molar-refractivity contribution in [3.63, 3.8) is 0 Å². The number of aromatic nitrogens is 3. The van der Waals surface area contributed by atoms with Gasteiger partial charge in [0, 0.05) is 25.1 Å². The largest absolute Gasteiger partial charge is 0.370 e. The zero-order chi connectivity index (χ0) is 20.7. The van der Waals surface area contributed by atoms with E-state index < -0.39 is 5.25 Å². The Hall–Kier alpha value is -2.86. The molecule has 1 aromatic carbocycles. The van der Waals surface area contributed by atoms with Crippen LogP contribution in [0.5, 0.6) is 0 Å². The number of nitrogens with zero attached hydrogens (tertiary/aromatic N) is 4. The van der Waals surface area contributed by atoms with Gasteiger partial charge in [-0.25, -0.2) is 0 Å². The highest BCUT2D eigenvalue weighted by Gasteiger charge is 2.21. The second kappa shape index (κ2) is 9.90. The van der Waals surface area contributed by atoms with E-state index in [0.29, 0.717) is 41.1 Å². The SMILES string of the molecule is CC(C)Cn1c(CCC(N)=O)nnc1S[C@@H](C)C(=O)Nc1cccc(C#N)c1. The van der Waals surface area contributed by atoms with Crippen molar-refractivity contribution in [1.82, 2.24) is 14.8 Å². The number of nitrogens with two attached hydrogens (primary N) is 1. The van der Waals surface area contributed by atoms with Gasteiger partial charge in [-0.3, -0.25) is 9.59 Å². The molecule has 0 aliphatic heterocycles. The Morgan fingerprint density at radius 1 is 1.32 bits per heavy atom. The van der Waals surface area contributed by atoms with Gasteiger partial charge in [0.2, 0.25) is 11.8 Å². The van der Waals surface area contributed by atoms with E-state index in [4.69, 9.17) is 11.0 Å². The molecule has 2 rings (SSSR count). The highest BCUT2D eigenvalue weighted by Crippen LogP contribution is 2.25. The van der Waals surface area contributed by atoms with Crippen molar-refractivity contribution in [2.24, 2.45) is 11.7 Å². The molecular formula is C19H24N6O2S. The van der Waals surface area contributed by atoms with Gasteiger partial charge in [0.1, 0.15) is 5.82 Å². The molecular weight excluding hydrogens is 376 g/mol. The highest BCUT2D eigenvalue weighted by atomic mass is 32.2. The van der Waals surface area contributed by atoms with Gasteiger partial charge in [0.05, 0.1) is 16.9 Å². The minimum absolute atomic E-state index is 0.196. The Morgan fingerprint density at radius 2 is 2.07 bits per heavy atom. The minimum atomic E-state index is -0.426. The third-order valence-corrected chi connectivity index (χ3v) is 4.93. The van der Waals surface area contributed by atoms with Crippen molar-refractivity contribution < 1.29 is 9.59 Å². The first-order valence-corrected chi connectivity index (χ1v) is 9.86. The lowest BCUT2D eigenvalue weighted by Crippen LogP contribution is -2.23. The summed E-state index contributed by atoms with van der Waals surface area (Å²) in [6.45, 7) is 6.61. The van der Waals surface area contributed by atoms with Crippen LogP contribution < -0.4 is 11.1 Å². The number of amides is 2. The fraction of sp³-hybridized carbons (Fsp3) is 0.421. The van der Waals surface area contributed by atoms with Crippen LogP contribution in [0.15, 0.2) is 29.4 Å². The lowest BCUT2D eigenvalue weighted by molar-refractivity contribution is -0.118. The van der Waals surface area contributed by atoms with E-state index in [1.54, 1.807) is 31.2 Å². The number of anilines is 1. The predicted molar refractivity (Wildman–Crippen MR) is 107 cm³/mol. The monoisotopic (exact) mass is 400 g/mol. The normalized spacial score (nSPS) is 11.8. The molecule has 0 unspecified atom stereocenters. The number of thioether (sulfide) groups is 1. The van der Waals surface area contributed by atoms with Gasteiger partial charge in [-0.2, -0.15) is 5.26 Å². The minimum Gasteiger partial charge on any atom is -0.370 e. The first-order valence-electron chi connectivity index (χ1n) is 8.98. The molecule has 148 valence electrons. The fourth-order valence-corrected chi connectivity index (χ4v) is 3.37. The van der Waals surface area contributed by atoms with Gasteiger partial charge in [0.15, 0.2) is 5.16 Å². The van der Waals surface area contributed by atoms with E-state index in [2.05, 4.69) is 29.4 Å². The maximum absolute atomic E-state index is 12.5. The topological polar surface area (TPSA) is 127 Å². The van der Waals surface area contributed by atoms with Crippen LogP contribution in [0.3, 0.4) is 0 Å². The zero-order valence-corrected chi connectivity index (χ0v) is 17.0. The van der Waals surface area contributed by atoms with Crippen molar-refractivity contribution in [3.05, 3.63) is 35.7 Å². The molecule has 28 heavy (non-hydrogen) atoms. The molecule has 0 bridgehead atoms. The standard InChI is InChI=1S/C19H24N6O2S/c1-12(2)11-25-17(8-7-16(21)26)23-24-19(25)28-13(3)18(27)22-15-6-4-5-14(9-15)10-20/h4-6,9,12-13H,7-8,11H2,1-3H3,(H2,21,26)(H,22,27)/t13-/m0/s1. The molecule has 1 atom stereocenters. The van der Waals surface area contributed by atoms with E-state index >= 15 is 0 Å². The van der Waals surface area contributed by atoms with E-state index in [-0.39, 0.29) is 18.2 Å². The molecule has 8 nitrogen and oxygen atoms in total. The van der Waals surface area contributed by atoms with E-state index in [0.717, 1.165) is 0 Å². The summed E-state index contributed by atoms with van der Waals surface area (Å²) < 4.78 is 1.94. The fourth-order valence-electron chi connectivity index (χ4n) is 2.50. The quantitative estimate of drug-likeness (QED) is 0.622. The molecule has 0 spiro atoms. The molecule has 9 heteroatoms. The lowest BCUT2D eigenvalue weighted by Gasteiger charge is -2.15. The van der Waals surface area contributed by atoms with Crippen molar-refractivity contribution >= 4 is 29.3 Å². The highest BCUT2D eigenvalue weighted by molar-refractivity contribution is 8.00. The van der Waals surface area contributed by atoms with Gasteiger partial charge >= 0.3 is 0 Å². The lowest BCUT2D eigenvalue weighted by atomic mass is 10.2. The number of primary amides is 1. The third-order valence-electron chi connectivity index (χ3n) is 3.85. The first-order chi connectivity index (χ1) is 13.3. The molecule has 1 aromatic heterocycles. The number of hydrogen-bond donors (Lipinski definition) is 2. The summed E-state index contributed by atoms with van der Waals surface area (Å²) in [7, 11) is 0. The van der Waals surface area contributed by atoms with Crippen LogP contribution in [0.1, 0.15) is 38.6 Å². The van der Waals surface area contributed by atoms with E-state index in [1.807, 2.05) is 10.6 Å². The molecule has 0 aliphatic rings. The molecule has 0 saturated carbocycles. The first kappa shape index (κ1) is 21.4. The Labute approximate surface area is 168 Å². The van der Waals surface area contributed by atoms with Crippen LogP contribution in [0.25, 0.3) is 0 Å². The van der Waals surface area contributed by atoms with Gasteiger partial charge in [-0.05, 0) is 31.0 Å². The van der Waals surface area contributed by atoms with Crippen molar-refractivity contribution in [3.8, 4) is 6.07 Å². The third kappa shape index (κ3) is 6.09. The molecule has 0 saturated heterocycles. The average Bonchev–Trinajstić information content (AvgIpc) is 3.00. The number of carbonyl (C=O) groups excluding carboxylic acids is 2. The molecule has 3 N–H and O–H groups in total. The smallest absolute Gasteiger partial charge is 0.237 e. The van der Waals surface area contributed by atoms with Crippen molar-refractivity contribution in [2.45, 2.75) is 50.6 Å². The molecule has 0 radical (unpaired) electrons. The Bertz CT molecular complexity index is 887. The van der Waals surface area contributed by atoms with Crippen LogP contribution in [0.4, 0.5) is 5.69 Å². The molecule has 2 amide bonds. The second-order valence-electron chi connectivity index (χ2n) is 6.81. The summed E-state index contributed by atoms with van der Waals surface area (Å²) in [4.78, 5) is 23.6. The van der Waals surface area contributed by atoms with Crippen LogP contribution in [0, 0.1) is 17.2 Å². The van der Waals surface area contributed by atoms with Gasteiger partial charge in [0.25, 0.3) is 0 Å². The van der Waals surface area contributed by atoms with Gasteiger partial charge in [-0.15, -0.1) is 10.2 Å². The van der Waals surface area contributed by atoms with Crippen LogP contribution in [-0.4, -0.2) is 31.8 Å². The van der Waals surface area contributed by atoms with Gasteiger partial charge in [-0.1, -0.05) is 31.7 Å². The van der Waals surface area contributed by atoms with Crippen LogP contribution >= 0.6 is 11.8 Å². The summed E-state index contributed by atoms with van der Waals surface area (Å²) in [6, 6.07) is 8.80. The van der Waals surface area contributed by atoms with E-state index in [1.165, 1.54) is 11.8 Å². The number of nitrogens with one attached hydrogen (secondary N) is 1. The Balaban J connectivity index is 2.10. The number of hydrogen-bond acceptors (Lipinski definition) is 6.